The van der Waals surface area contributed by atoms with Crippen LogP contribution in [0.4, 0.5) is 0 Å². The summed E-state index contributed by atoms with van der Waals surface area (Å²) in [6.45, 7) is 2.53. The molecule has 3 N–H and O–H groups in total. The fourth-order valence-corrected chi connectivity index (χ4v) is 1.93. The van der Waals surface area contributed by atoms with E-state index in [2.05, 4.69) is 29.6 Å². The largest absolute Gasteiger partial charge is 0.464 e. The minimum absolute atomic E-state index is 0.0931. The van der Waals surface area contributed by atoms with Crippen LogP contribution in [0.2, 0.25) is 0 Å². The van der Waals surface area contributed by atoms with E-state index >= 15 is 0 Å². The van der Waals surface area contributed by atoms with E-state index in [1.165, 1.54) is 5.56 Å². The van der Waals surface area contributed by atoms with Crippen molar-refractivity contribution < 1.29 is 4.42 Å². The second-order valence-electron chi connectivity index (χ2n) is 4.12. The van der Waals surface area contributed by atoms with Crippen molar-refractivity contribution in [3.05, 3.63) is 59.0 Å². The summed E-state index contributed by atoms with van der Waals surface area (Å²) in [6, 6.07) is 12.4. The Labute approximate surface area is 102 Å². The molecule has 0 radical (unpaired) electrons. The maximum absolute atomic E-state index is 5.66. The Balaban J connectivity index is 2.28. The van der Waals surface area contributed by atoms with Crippen molar-refractivity contribution in [1.82, 2.24) is 5.32 Å². The van der Waals surface area contributed by atoms with Gasteiger partial charge in [-0.2, -0.15) is 0 Å². The summed E-state index contributed by atoms with van der Waals surface area (Å²) in [5.41, 5.74) is 7.91. The number of benzene rings is 1. The number of hydrogen-bond donors (Lipinski definition) is 2. The zero-order valence-electron chi connectivity index (χ0n) is 10.2. The average molecular weight is 230 g/mol. The first-order valence-electron chi connectivity index (χ1n) is 5.77. The number of rotatable bonds is 4. The molecule has 0 spiro atoms. The van der Waals surface area contributed by atoms with Gasteiger partial charge in [0.1, 0.15) is 11.5 Å². The summed E-state index contributed by atoms with van der Waals surface area (Å²) >= 11 is 0. The first-order valence-corrected chi connectivity index (χ1v) is 5.77. The van der Waals surface area contributed by atoms with Crippen molar-refractivity contribution in [3.8, 4) is 0 Å². The highest BCUT2D eigenvalue weighted by atomic mass is 16.3. The van der Waals surface area contributed by atoms with E-state index in [1.807, 2.05) is 26.1 Å². The lowest BCUT2D eigenvalue weighted by Crippen LogP contribution is -2.17. The lowest BCUT2D eigenvalue weighted by Gasteiger charge is -2.14. The third-order valence-corrected chi connectivity index (χ3v) is 2.88. The number of nitrogens with one attached hydrogen (secondary N) is 1. The van der Waals surface area contributed by atoms with Gasteiger partial charge in [-0.3, -0.25) is 0 Å². The standard InChI is InChI=1S/C14H18N2O/c1-10-3-8-13(17-10)14(16-2)12-6-4-11(9-15)5-7-12/h3-8,14,16H,9,15H2,1-2H3. The number of nitrogens with two attached hydrogens (primary N) is 1. The molecule has 0 bridgehead atoms. The molecular formula is C14H18N2O. The normalized spacial score (nSPS) is 12.6. The smallest absolute Gasteiger partial charge is 0.125 e. The van der Waals surface area contributed by atoms with Crippen molar-refractivity contribution in [2.45, 2.75) is 19.5 Å². The van der Waals surface area contributed by atoms with Crippen molar-refractivity contribution in [2.24, 2.45) is 5.73 Å². The Morgan fingerprint density at radius 1 is 1.18 bits per heavy atom. The van der Waals surface area contributed by atoms with Gasteiger partial charge in [-0.25, -0.2) is 0 Å². The molecule has 0 aliphatic carbocycles. The number of furan rings is 1. The van der Waals surface area contributed by atoms with E-state index in [9.17, 15) is 0 Å². The van der Waals surface area contributed by atoms with Crippen LogP contribution >= 0.6 is 0 Å². The fourth-order valence-electron chi connectivity index (χ4n) is 1.93. The summed E-state index contributed by atoms with van der Waals surface area (Å²) in [5.74, 6) is 1.87. The first-order chi connectivity index (χ1) is 8.24. The second kappa shape index (κ2) is 5.17. The molecule has 0 saturated heterocycles. The lowest BCUT2D eigenvalue weighted by atomic mass is 10.0. The molecule has 3 nitrogen and oxygen atoms in total. The maximum atomic E-state index is 5.66. The number of hydrogen-bond acceptors (Lipinski definition) is 3. The Hall–Kier alpha value is -1.58. The molecule has 1 atom stereocenters. The lowest BCUT2D eigenvalue weighted by molar-refractivity contribution is 0.444. The molecule has 3 heteroatoms. The topological polar surface area (TPSA) is 51.2 Å². The van der Waals surface area contributed by atoms with E-state index in [0.29, 0.717) is 6.54 Å². The van der Waals surface area contributed by atoms with Gasteiger partial charge in [0, 0.05) is 6.54 Å². The molecule has 2 aromatic rings. The zero-order valence-corrected chi connectivity index (χ0v) is 10.2. The Morgan fingerprint density at radius 2 is 1.88 bits per heavy atom. The van der Waals surface area contributed by atoms with Crippen molar-refractivity contribution >= 4 is 0 Å². The summed E-state index contributed by atoms with van der Waals surface area (Å²) in [4.78, 5) is 0. The van der Waals surface area contributed by atoms with Crippen molar-refractivity contribution in [3.63, 3.8) is 0 Å². The molecule has 2 rings (SSSR count). The molecule has 0 aliphatic rings. The molecule has 0 aliphatic heterocycles. The predicted molar refractivity (Wildman–Crippen MR) is 68.7 cm³/mol. The second-order valence-corrected chi connectivity index (χ2v) is 4.12. The van der Waals surface area contributed by atoms with E-state index in [4.69, 9.17) is 10.2 Å². The van der Waals surface area contributed by atoms with Gasteiger partial charge < -0.3 is 15.5 Å². The van der Waals surface area contributed by atoms with Gasteiger partial charge in [0.25, 0.3) is 0 Å². The number of aryl methyl sites for hydroxylation is 1. The average Bonchev–Trinajstić information content (AvgIpc) is 2.78. The van der Waals surface area contributed by atoms with E-state index in [1.54, 1.807) is 0 Å². The van der Waals surface area contributed by atoms with Gasteiger partial charge in [-0.05, 0) is 37.2 Å². The molecular weight excluding hydrogens is 212 g/mol. The van der Waals surface area contributed by atoms with Gasteiger partial charge in [0.15, 0.2) is 0 Å². The summed E-state index contributed by atoms with van der Waals surface area (Å²) < 4.78 is 5.66. The van der Waals surface area contributed by atoms with Crippen LogP contribution in [-0.4, -0.2) is 7.05 Å². The van der Waals surface area contributed by atoms with Gasteiger partial charge in [0.05, 0.1) is 6.04 Å². The van der Waals surface area contributed by atoms with Crippen molar-refractivity contribution in [2.75, 3.05) is 7.05 Å². The minimum Gasteiger partial charge on any atom is -0.464 e. The molecule has 0 saturated carbocycles. The van der Waals surface area contributed by atoms with Crippen molar-refractivity contribution in [1.29, 1.82) is 0 Å². The van der Waals surface area contributed by atoms with Crippen LogP contribution in [0.1, 0.15) is 28.7 Å². The van der Waals surface area contributed by atoms with Crippen LogP contribution in [0, 0.1) is 6.92 Å². The van der Waals surface area contributed by atoms with Crippen LogP contribution in [0.25, 0.3) is 0 Å². The van der Waals surface area contributed by atoms with Crippen LogP contribution in [0.3, 0.4) is 0 Å². The molecule has 1 aromatic carbocycles. The molecule has 90 valence electrons. The third kappa shape index (κ3) is 2.57. The Kier molecular flexibility index (Phi) is 3.61. The van der Waals surface area contributed by atoms with E-state index in [0.717, 1.165) is 17.1 Å². The Morgan fingerprint density at radius 3 is 2.35 bits per heavy atom. The predicted octanol–water partition coefficient (Wildman–Crippen LogP) is 2.36. The van der Waals surface area contributed by atoms with E-state index < -0.39 is 0 Å². The molecule has 1 aromatic heterocycles. The van der Waals surface area contributed by atoms with Gasteiger partial charge >= 0.3 is 0 Å². The monoisotopic (exact) mass is 230 g/mol. The molecule has 1 heterocycles. The summed E-state index contributed by atoms with van der Waals surface area (Å²) in [6.07, 6.45) is 0. The Bertz CT molecular complexity index is 473. The van der Waals surface area contributed by atoms with Crippen LogP contribution < -0.4 is 11.1 Å². The van der Waals surface area contributed by atoms with Crippen LogP contribution in [0.15, 0.2) is 40.8 Å². The maximum Gasteiger partial charge on any atom is 0.125 e. The van der Waals surface area contributed by atoms with Crippen LogP contribution in [0.5, 0.6) is 0 Å². The minimum atomic E-state index is 0.0931. The fraction of sp³-hybridized carbons (Fsp3) is 0.286. The molecule has 1 unspecified atom stereocenters. The highest BCUT2D eigenvalue weighted by Gasteiger charge is 2.14. The van der Waals surface area contributed by atoms with Gasteiger partial charge in [-0.1, -0.05) is 24.3 Å². The van der Waals surface area contributed by atoms with Gasteiger partial charge in [-0.15, -0.1) is 0 Å². The molecule has 17 heavy (non-hydrogen) atoms. The highest BCUT2D eigenvalue weighted by molar-refractivity contribution is 5.30. The first kappa shape index (κ1) is 11.9. The quantitative estimate of drug-likeness (QED) is 0.847. The highest BCUT2D eigenvalue weighted by Crippen LogP contribution is 2.23. The van der Waals surface area contributed by atoms with Gasteiger partial charge in [0.2, 0.25) is 0 Å². The zero-order chi connectivity index (χ0) is 12.3. The third-order valence-electron chi connectivity index (χ3n) is 2.88. The summed E-state index contributed by atoms with van der Waals surface area (Å²) in [5, 5.41) is 3.26. The van der Waals surface area contributed by atoms with Crippen LogP contribution in [-0.2, 0) is 6.54 Å². The molecule has 0 amide bonds. The van der Waals surface area contributed by atoms with E-state index in [-0.39, 0.29) is 6.04 Å². The SMILES string of the molecule is CNC(c1ccc(CN)cc1)c1ccc(C)o1. The summed E-state index contributed by atoms with van der Waals surface area (Å²) in [7, 11) is 1.93. The molecule has 0 fully saturated rings.